The number of rotatable bonds is 1. The van der Waals surface area contributed by atoms with Gasteiger partial charge in [-0.25, -0.2) is 0 Å². The Bertz CT molecular complexity index is 412. The number of aryl methyl sites for hydroxylation is 1. The van der Waals surface area contributed by atoms with Crippen LogP contribution < -0.4 is 0 Å². The fourth-order valence-corrected chi connectivity index (χ4v) is 1.79. The van der Waals surface area contributed by atoms with Gasteiger partial charge < -0.3 is 0 Å². The maximum absolute atomic E-state index is 11.2. The molecule has 0 aliphatic heterocycles. The summed E-state index contributed by atoms with van der Waals surface area (Å²) in [6.45, 7) is 0. The van der Waals surface area contributed by atoms with Crippen molar-refractivity contribution in [3.8, 4) is 0 Å². The molecule has 0 saturated carbocycles. The predicted octanol–water partition coefficient (Wildman–Crippen LogP) is 1.65. The number of benzene rings is 1. The van der Waals surface area contributed by atoms with Gasteiger partial charge in [-0.2, -0.15) is 0 Å². The molecule has 0 unspecified atom stereocenters. The average molecular weight is 191 g/mol. The summed E-state index contributed by atoms with van der Waals surface area (Å²) in [6, 6.07) is 4.99. The molecular weight excluding hydrogens is 182 g/mol. The molecule has 1 aromatic carbocycles. The van der Waals surface area contributed by atoms with Gasteiger partial charge in [0, 0.05) is 24.5 Å². The van der Waals surface area contributed by atoms with Crippen molar-refractivity contribution >= 4 is 11.5 Å². The molecule has 4 heteroatoms. The number of nitrogens with zero attached hydrogens (tertiary/aromatic N) is 1. The predicted molar refractivity (Wildman–Crippen MR) is 50.1 cm³/mol. The second kappa shape index (κ2) is 3.21. The number of Topliss-reactive ketones (excluding diaryl/α,β-unsaturated/α-hetero) is 1. The molecule has 0 radical (unpaired) electrons. The number of hydrogen-bond donors (Lipinski definition) is 0. The van der Waals surface area contributed by atoms with Gasteiger partial charge in [-0.05, 0) is 12.0 Å². The largest absolute Gasteiger partial charge is 0.299 e. The topological polar surface area (TPSA) is 60.2 Å². The van der Waals surface area contributed by atoms with Crippen molar-refractivity contribution in [3.05, 3.63) is 39.4 Å². The number of nitro groups is 1. The third-order valence-corrected chi connectivity index (χ3v) is 2.49. The van der Waals surface area contributed by atoms with Gasteiger partial charge in [0.1, 0.15) is 5.78 Å². The van der Waals surface area contributed by atoms with Crippen LogP contribution in [0.5, 0.6) is 0 Å². The molecule has 1 aliphatic carbocycles. The van der Waals surface area contributed by atoms with E-state index < -0.39 is 4.92 Å². The van der Waals surface area contributed by atoms with Gasteiger partial charge in [-0.15, -0.1) is 0 Å². The van der Waals surface area contributed by atoms with Gasteiger partial charge in [-0.1, -0.05) is 12.1 Å². The standard InChI is InChI=1S/C10H9NO3/c12-8-5-4-7-2-1-3-10(11(13)14)9(7)6-8/h1-3H,4-6H2. The van der Waals surface area contributed by atoms with E-state index in [1.54, 1.807) is 6.07 Å². The Kier molecular flexibility index (Phi) is 2.04. The van der Waals surface area contributed by atoms with Crippen LogP contribution >= 0.6 is 0 Å². The molecule has 0 atom stereocenters. The Balaban J connectivity index is 2.54. The minimum absolute atomic E-state index is 0.0792. The lowest BCUT2D eigenvalue weighted by Crippen LogP contribution is -2.14. The monoisotopic (exact) mass is 191 g/mol. The molecule has 0 bridgehead atoms. The molecule has 0 fully saturated rings. The van der Waals surface area contributed by atoms with Crippen LogP contribution in [0.3, 0.4) is 0 Å². The van der Waals surface area contributed by atoms with Crippen molar-refractivity contribution in [1.82, 2.24) is 0 Å². The van der Waals surface area contributed by atoms with E-state index in [9.17, 15) is 14.9 Å². The first-order chi connectivity index (χ1) is 6.68. The summed E-state index contributed by atoms with van der Waals surface area (Å²) in [5.74, 6) is 0.0896. The third-order valence-electron chi connectivity index (χ3n) is 2.49. The van der Waals surface area contributed by atoms with Gasteiger partial charge >= 0.3 is 0 Å². The van der Waals surface area contributed by atoms with Crippen LogP contribution in [0.25, 0.3) is 0 Å². The SMILES string of the molecule is O=C1CCc2cccc([N+](=O)[O-])c2C1. The number of carbonyl (C=O) groups is 1. The molecule has 2 rings (SSSR count). The van der Waals surface area contributed by atoms with E-state index in [4.69, 9.17) is 0 Å². The first-order valence-corrected chi connectivity index (χ1v) is 4.45. The molecule has 1 aliphatic rings. The maximum atomic E-state index is 11.2. The molecule has 0 spiro atoms. The van der Waals surface area contributed by atoms with Crippen molar-refractivity contribution in [3.63, 3.8) is 0 Å². The summed E-state index contributed by atoms with van der Waals surface area (Å²) in [6.07, 6.45) is 1.36. The number of nitro benzene ring substituents is 1. The molecule has 0 heterocycles. The summed E-state index contributed by atoms with van der Waals surface area (Å²) in [4.78, 5) is 21.4. The van der Waals surface area contributed by atoms with Gasteiger partial charge in [0.15, 0.2) is 0 Å². The smallest absolute Gasteiger partial charge is 0.273 e. The molecule has 0 saturated heterocycles. The summed E-state index contributed by atoms with van der Waals surface area (Å²) in [7, 11) is 0. The summed E-state index contributed by atoms with van der Waals surface area (Å²) < 4.78 is 0. The van der Waals surface area contributed by atoms with Crippen LogP contribution in [0.4, 0.5) is 5.69 Å². The highest BCUT2D eigenvalue weighted by Crippen LogP contribution is 2.27. The summed E-state index contributed by atoms with van der Waals surface area (Å²) in [5.41, 5.74) is 1.63. The average Bonchev–Trinajstić information content (AvgIpc) is 2.16. The van der Waals surface area contributed by atoms with E-state index >= 15 is 0 Å². The van der Waals surface area contributed by atoms with Crippen LogP contribution in [-0.2, 0) is 17.6 Å². The van der Waals surface area contributed by atoms with E-state index in [0.29, 0.717) is 18.4 Å². The molecule has 0 amide bonds. The minimum atomic E-state index is -0.419. The lowest BCUT2D eigenvalue weighted by atomic mass is 9.90. The minimum Gasteiger partial charge on any atom is -0.299 e. The fourth-order valence-electron chi connectivity index (χ4n) is 1.79. The molecule has 72 valence electrons. The zero-order valence-electron chi connectivity index (χ0n) is 7.53. The van der Waals surface area contributed by atoms with Crippen molar-refractivity contribution in [1.29, 1.82) is 0 Å². The van der Waals surface area contributed by atoms with E-state index in [-0.39, 0.29) is 17.9 Å². The van der Waals surface area contributed by atoms with Gasteiger partial charge in [0.2, 0.25) is 0 Å². The van der Waals surface area contributed by atoms with E-state index in [1.807, 2.05) is 6.07 Å². The Morgan fingerprint density at radius 3 is 2.79 bits per heavy atom. The van der Waals surface area contributed by atoms with Crippen molar-refractivity contribution in [2.75, 3.05) is 0 Å². The highest BCUT2D eigenvalue weighted by molar-refractivity contribution is 5.84. The second-order valence-corrected chi connectivity index (χ2v) is 3.39. The third kappa shape index (κ3) is 1.39. The van der Waals surface area contributed by atoms with Gasteiger partial charge in [-0.3, -0.25) is 14.9 Å². The Labute approximate surface area is 80.7 Å². The zero-order chi connectivity index (χ0) is 10.1. The highest BCUT2D eigenvalue weighted by atomic mass is 16.6. The molecular formula is C10H9NO3. The number of ketones is 1. The Morgan fingerprint density at radius 1 is 1.29 bits per heavy atom. The van der Waals surface area contributed by atoms with Crippen LogP contribution in [0, 0.1) is 10.1 Å². The Morgan fingerprint density at radius 2 is 2.07 bits per heavy atom. The number of hydrogen-bond acceptors (Lipinski definition) is 3. The molecule has 0 N–H and O–H groups in total. The zero-order valence-corrected chi connectivity index (χ0v) is 7.53. The summed E-state index contributed by atoms with van der Waals surface area (Å²) >= 11 is 0. The van der Waals surface area contributed by atoms with Crippen LogP contribution in [0.2, 0.25) is 0 Å². The fraction of sp³-hybridized carbons (Fsp3) is 0.300. The van der Waals surface area contributed by atoms with E-state index in [0.717, 1.165) is 5.56 Å². The van der Waals surface area contributed by atoms with Crippen molar-refractivity contribution < 1.29 is 9.72 Å². The normalized spacial score (nSPS) is 15.0. The molecule has 0 aromatic heterocycles. The lowest BCUT2D eigenvalue weighted by Gasteiger charge is -2.13. The molecule has 4 nitrogen and oxygen atoms in total. The number of carbonyl (C=O) groups excluding carboxylic acids is 1. The van der Waals surface area contributed by atoms with Crippen molar-refractivity contribution in [2.45, 2.75) is 19.3 Å². The lowest BCUT2D eigenvalue weighted by molar-refractivity contribution is -0.385. The summed E-state index contributed by atoms with van der Waals surface area (Å²) in [5, 5.41) is 10.7. The first kappa shape index (κ1) is 8.87. The van der Waals surface area contributed by atoms with E-state index in [2.05, 4.69) is 0 Å². The van der Waals surface area contributed by atoms with Gasteiger partial charge in [0.25, 0.3) is 5.69 Å². The van der Waals surface area contributed by atoms with Crippen LogP contribution in [0.1, 0.15) is 17.5 Å². The maximum Gasteiger partial charge on any atom is 0.273 e. The number of fused-ring (bicyclic) bond motifs is 1. The van der Waals surface area contributed by atoms with E-state index in [1.165, 1.54) is 6.07 Å². The molecule has 1 aromatic rings. The highest BCUT2D eigenvalue weighted by Gasteiger charge is 2.23. The van der Waals surface area contributed by atoms with Crippen LogP contribution in [-0.4, -0.2) is 10.7 Å². The first-order valence-electron chi connectivity index (χ1n) is 4.45. The van der Waals surface area contributed by atoms with Crippen molar-refractivity contribution in [2.24, 2.45) is 0 Å². The van der Waals surface area contributed by atoms with Gasteiger partial charge in [0.05, 0.1) is 4.92 Å². The quantitative estimate of drug-likeness (QED) is 0.501. The molecule has 14 heavy (non-hydrogen) atoms. The Hall–Kier alpha value is -1.71. The van der Waals surface area contributed by atoms with Crippen LogP contribution in [0.15, 0.2) is 18.2 Å². The second-order valence-electron chi connectivity index (χ2n) is 3.39.